The van der Waals surface area contributed by atoms with Crippen LogP contribution in [0.3, 0.4) is 0 Å². The zero-order chi connectivity index (χ0) is 15.2. The number of amides is 1. The predicted molar refractivity (Wildman–Crippen MR) is 74.6 cm³/mol. The van der Waals surface area contributed by atoms with E-state index in [-0.39, 0.29) is 16.8 Å². The van der Waals surface area contributed by atoms with E-state index in [1.807, 2.05) is 0 Å². The lowest BCUT2D eigenvalue weighted by molar-refractivity contribution is -0.385. The van der Waals surface area contributed by atoms with E-state index in [2.05, 4.69) is 10.5 Å². The lowest BCUT2D eigenvalue weighted by atomic mass is 10.2. The van der Waals surface area contributed by atoms with Crippen molar-refractivity contribution in [2.45, 2.75) is 0 Å². The number of rotatable bonds is 4. The molecule has 0 aromatic heterocycles. The van der Waals surface area contributed by atoms with Crippen LogP contribution in [0.2, 0.25) is 0 Å². The maximum atomic E-state index is 12.7. The third-order valence-corrected chi connectivity index (χ3v) is 2.61. The highest BCUT2D eigenvalue weighted by Gasteiger charge is 2.10. The topological polar surface area (TPSA) is 84.6 Å². The Morgan fingerprint density at radius 1 is 1.19 bits per heavy atom. The summed E-state index contributed by atoms with van der Waals surface area (Å²) in [6.07, 6.45) is 1.18. The molecule has 106 valence electrons. The van der Waals surface area contributed by atoms with Crippen molar-refractivity contribution in [3.05, 3.63) is 75.6 Å². The molecule has 1 amide bonds. The molecule has 0 atom stereocenters. The number of nitro groups is 1. The van der Waals surface area contributed by atoms with Crippen molar-refractivity contribution in [3.63, 3.8) is 0 Å². The summed E-state index contributed by atoms with van der Waals surface area (Å²) in [7, 11) is 0. The second-order valence-electron chi connectivity index (χ2n) is 4.02. The smallest absolute Gasteiger partial charge is 0.267 e. The Hall–Kier alpha value is -3.09. The number of halogens is 1. The fraction of sp³-hybridized carbons (Fsp3) is 0. The largest absolute Gasteiger partial charge is 0.278 e. The van der Waals surface area contributed by atoms with Gasteiger partial charge in [0.15, 0.2) is 0 Å². The minimum Gasteiger partial charge on any atom is -0.267 e. The molecule has 6 nitrogen and oxygen atoms in total. The van der Waals surface area contributed by atoms with E-state index in [9.17, 15) is 19.3 Å². The molecule has 21 heavy (non-hydrogen) atoms. The maximum Gasteiger partial charge on any atom is 0.278 e. The molecule has 0 saturated heterocycles. The first kappa shape index (κ1) is 14.3. The van der Waals surface area contributed by atoms with Crippen molar-refractivity contribution in [2.24, 2.45) is 5.10 Å². The summed E-state index contributed by atoms with van der Waals surface area (Å²) in [5.74, 6) is -0.986. The minimum atomic E-state index is -0.539. The Kier molecular flexibility index (Phi) is 4.35. The van der Waals surface area contributed by atoms with Gasteiger partial charge in [-0.25, -0.2) is 9.82 Å². The van der Waals surface area contributed by atoms with Crippen LogP contribution >= 0.6 is 0 Å². The standard InChI is InChI=1S/C14H10FN3O3/c15-12-7-5-10(6-8-12)14(19)17-16-9-11-3-1-2-4-13(11)18(20)21/h1-9H,(H,17,19). The van der Waals surface area contributed by atoms with Gasteiger partial charge in [0.05, 0.1) is 16.7 Å². The molecule has 0 aliphatic rings. The molecule has 0 saturated carbocycles. The number of nitrogens with one attached hydrogen (secondary N) is 1. The lowest BCUT2D eigenvalue weighted by Crippen LogP contribution is -2.17. The Bertz CT molecular complexity index is 699. The number of carbonyl (C=O) groups is 1. The van der Waals surface area contributed by atoms with E-state index in [1.165, 1.54) is 36.5 Å². The first-order chi connectivity index (χ1) is 10.1. The SMILES string of the molecule is O=C(NN=Cc1ccccc1[N+](=O)[O-])c1ccc(F)cc1. The van der Waals surface area contributed by atoms with E-state index in [4.69, 9.17) is 0 Å². The minimum absolute atomic E-state index is 0.114. The van der Waals surface area contributed by atoms with Crippen LogP contribution in [-0.4, -0.2) is 17.0 Å². The van der Waals surface area contributed by atoms with Gasteiger partial charge in [0.2, 0.25) is 0 Å². The zero-order valence-electron chi connectivity index (χ0n) is 10.7. The number of para-hydroxylation sites is 1. The molecule has 1 N–H and O–H groups in total. The molecule has 0 unspecified atom stereocenters. The summed E-state index contributed by atoms with van der Waals surface area (Å²) in [5, 5.41) is 14.5. The average Bonchev–Trinajstić information content (AvgIpc) is 2.48. The van der Waals surface area contributed by atoms with Crippen molar-refractivity contribution in [2.75, 3.05) is 0 Å². The molecule has 0 aliphatic heterocycles. The molecule has 0 aliphatic carbocycles. The van der Waals surface area contributed by atoms with E-state index in [0.717, 1.165) is 12.1 Å². The van der Waals surface area contributed by atoms with Crippen molar-refractivity contribution >= 4 is 17.8 Å². The Morgan fingerprint density at radius 2 is 1.86 bits per heavy atom. The van der Waals surface area contributed by atoms with Crippen LogP contribution in [0.4, 0.5) is 10.1 Å². The number of carbonyl (C=O) groups excluding carboxylic acids is 1. The first-order valence-electron chi connectivity index (χ1n) is 5.90. The molecule has 0 bridgehead atoms. The van der Waals surface area contributed by atoms with Gasteiger partial charge in [-0.3, -0.25) is 14.9 Å². The van der Waals surface area contributed by atoms with Crippen LogP contribution in [0.25, 0.3) is 0 Å². The fourth-order valence-corrected chi connectivity index (χ4v) is 1.59. The van der Waals surface area contributed by atoms with Gasteiger partial charge >= 0.3 is 0 Å². The molecule has 0 radical (unpaired) electrons. The Balaban J connectivity index is 2.07. The number of nitrogens with zero attached hydrogens (tertiary/aromatic N) is 2. The average molecular weight is 287 g/mol. The summed E-state index contributed by atoms with van der Waals surface area (Å²) < 4.78 is 12.7. The van der Waals surface area contributed by atoms with E-state index >= 15 is 0 Å². The number of benzene rings is 2. The highest BCUT2D eigenvalue weighted by molar-refractivity contribution is 5.95. The van der Waals surface area contributed by atoms with Gasteiger partial charge in [-0.05, 0) is 30.3 Å². The van der Waals surface area contributed by atoms with Gasteiger partial charge in [-0.1, -0.05) is 12.1 Å². The summed E-state index contributed by atoms with van der Waals surface area (Å²) in [6.45, 7) is 0. The highest BCUT2D eigenvalue weighted by Crippen LogP contribution is 2.15. The number of hydrogen-bond acceptors (Lipinski definition) is 4. The highest BCUT2D eigenvalue weighted by atomic mass is 19.1. The van der Waals surface area contributed by atoms with E-state index in [0.29, 0.717) is 0 Å². The first-order valence-corrected chi connectivity index (χ1v) is 5.90. The second-order valence-corrected chi connectivity index (χ2v) is 4.02. The summed E-state index contributed by atoms with van der Waals surface area (Å²) in [6, 6.07) is 10.9. The monoisotopic (exact) mass is 287 g/mol. The van der Waals surface area contributed by atoms with Crippen molar-refractivity contribution in [3.8, 4) is 0 Å². The number of hydrogen-bond donors (Lipinski definition) is 1. The molecule has 2 aromatic carbocycles. The van der Waals surface area contributed by atoms with Gasteiger partial charge in [-0.2, -0.15) is 5.10 Å². The van der Waals surface area contributed by atoms with E-state index < -0.39 is 16.6 Å². The predicted octanol–water partition coefficient (Wildman–Crippen LogP) is 2.50. The third kappa shape index (κ3) is 3.69. The van der Waals surface area contributed by atoms with Gasteiger partial charge < -0.3 is 0 Å². The zero-order valence-corrected chi connectivity index (χ0v) is 10.7. The molecular weight excluding hydrogens is 277 g/mol. The summed E-state index contributed by atoms with van der Waals surface area (Å²) in [4.78, 5) is 21.9. The number of hydrazone groups is 1. The van der Waals surface area contributed by atoms with Crippen molar-refractivity contribution in [1.29, 1.82) is 0 Å². The molecule has 0 fully saturated rings. The van der Waals surface area contributed by atoms with Crippen LogP contribution < -0.4 is 5.43 Å². The van der Waals surface area contributed by atoms with Gasteiger partial charge in [0, 0.05) is 11.6 Å². The van der Waals surface area contributed by atoms with Gasteiger partial charge in [-0.15, -0.1) is 0 Å². The summed E-state index contributed by atoms with van der Waals surface area (Å²) >= 11 is 0. The molecule has 7 heteroatoms. The molecular formula is C14H10FN3O3. The van der Waals surface area contributed by atoms with Crippen LogP contribution in [0, 0.1) is 15.9 Å². The molecule has 2 aromatic rings. The van der Waals surface area contributed by atoms with Gasteiger partial charge in [0.1, 0.15) is 5.82 Å². The van der Waals surface area contributed by atoms with Crippen molar-refractivity contribution < 1.29 is 14.1 Å². The summed E-state index contributed by atoms with van der Waals surface area (Å²) in [5.41, 5.74) is 2.60. The Labute approximate surface area is 119 Å². The van der Waals surface area contributed by atoms with Crippen LogP contribution in [0.5, 0.6) is 0 Å². The molecule has 0 spiro atoms. The molecule has 0 heterocycles. The van der Waals surface area contributed by atoms with Gasteiger partial charge in [0.25, 0.3) is 11.6 Å². The van der Waals surface area contributed by atoms with Crippen molar-refractivity contribution in [1.82, 2.24) is 5.43 Å². The maximum absolute atomic E-state index is 12.7. The van der Waals surface area contributed by atoms with Crippen LogP contribution in [0.15, 0.2) is 53.6 Å². The van der Waals surface area contributed by atoms with E-state index in [1.54, 1.807) is 6.07 Å². The third-order valence-electron chi connectivity index (χ3n) is 2.61. The molecule has 2 rings (SSSR count). The second kappa shape index (κ2) is 6.38. The van der Waals surface area contributed by atoms with Crippen LogP contribution in [0.1, 0.15) is 15.9 Å². The lowest BCUT2D eigenvalue weighted by Gasteiger charge is -2.00. The quantitative estimate of drug-likeness (QED) is 0.532. The number of nitro benzene ring substituents is 1. The Morgan fingerprint density at radius 3 is 2.52 bits per heavy atom. The normalized spacial score (nSPS) is 10.5. The fourth-order valence-electron chi connectivity index (χ4n) is 1.59. The van der Waals surface area contributed by atoms with Crippen LogP contribution in [-0.2, 0) is 0 Å².